The lowest BCUT2D eigenvalue weighted by atomic mass is 10.0. The van der Waals surface area contributed by atoms with Crippen LogP contribution in [0.3, 0.4) is 0 Å². The van der Waals surface area contributed by atoms with Gasteiger partial charge in [-0.25, -0.2) is 8.42 Å². The maximum absolute atomic E-state index is 13.2. The fraction of sp³-hybridized carbons (Fsp3) is 0.350. The van der Waals surface area contributed by atoms with Gasteiger partial charge < -0.3 is 9.47 Å². The molecule has 0 bridgehead atoms. The zero-order valence-corrected chi connectivity index (χ0v) is 15.6. The van der Waals surface area contributed by atoms with Crippen molar-refractivity contribution in [2.24, 2.45) is 0 Å². The molecule has 0 amide bonds. The summed E-state index contributed by atoms with van der Waals surface area (Å²) in [6, 6.07) is 13.6. The summed E-state index contributed by atoms with van der Waals surface area (Å²) in [5, 5.41) is 9.07. The van der Waals surface area contributed by atoms with Crippen LogP contribution in [0.1, 0.15) is 36.4 Å². The van der Waals surface area contributed by atoms with Crippen molar-refractivity contribution in [3.05, 3.63) is 53.6 Å². The Kier molecular flexibility index (Phi) is 4.77. The van der Waals surface area contributed by atoms with Crippen LogP contribution < -0.4 is 9.47 Å². The van der Waals surface area contributed by atoms with Gasteiger partial charge >= 0.3 is 0 Å². The third kappa shape index (κ3) is 3.38. The van der Waals surface area contributed by atoms with Crippen molar-refractivity contribution in [1.82, 2.24) is 4.31 Å². The van der Waals surface area contributed by atoms with Crippen molar-refractivity contribution in [3.63, 3.8) is 0 Å². The fourth-order valence-corrected chi connectivity index (χ4v) is 5.34. The molecule has 1 fully saturated rings. The van der Waals surface area contributed by atoms with Crippen LogP contribution in [-0.4, -0.2) is 32.5 Å². The summed E-state index contributed by atoms with van der Waals surface area (Å²) < 4.78 is 39.3. The third-order valence-corrected chi connectivity index (χ3v) is 6.83. The van der Waals surface area contributed by atoms with Gasteiger partial charge in [0.2, 0.25) is 10.0 Å². The van der Waals surface area contributed by atoms with E-state index < -0.39 is 10.0 Å². The number of nitrogens with zero attached hydrogens (tertiary/aromatic N) is 2. The van der Waals surface area contributed by atoms with E-state index in [0.29, 0.717) is 36.8 Å². The second-order valence-corrected chi connectivity index (χ2v) is 8.56. The largest absolute Gasteiger partial charge is 0.490 e. The molecule has 1 saturated heterocycles. The summed E-state index contributed by atoms with van der Waals surface area (Å²) >= 11 is 0. The second-order valence-electron chi connectivity index (χ2n) is 6.67. The van der Waals surface area contributed by atoms with Crippen LogP contribution in [0, 0.1) is 11.3 Å². The molecule has 2 aromatic rings. The lowest BCUT2D eigenvalue weighted by Gasteiger charge is -2.25. The van der Waals surface area contributed by atoms with E-state index >= 15 is 0 Å². The quantitative estimate of drug-likeness (QED) is 0.812. The molecule has 2 heterocycles. The van der Waals surface area contributed by atoms with Gasteiger partial charge in [0.15, 0.2) is 11.5 Å². The monoisotopic (exact) mass is 384 g/mol. The molecule has 6 nitrogen and oxygen atoms in total. The molecule has 0 radical (unpaired) electrons. The van der Waals surface area contributed by atoms with Gasteiger partial charge in [-0.3, -0.25) is 0 Å². The van der Waals surface area contributed by atoms with Crippen molar-refractivity contribution in [2.45, 2.75) is 30.2 Å². The van der Waals surface area contributed by atoms with Gasteiger partial charge in [-0.15, -0.1) is 0 Å². The van der Waals surface area contributed by atoms with Gasteiger partial charge in [-0.05, 0) is 48.7 Å². The molecule has 0 aromatic heterocycles. The van der Waals surface area contributed by atoms with E-state index in [9.17, 15) is 8.42 Å². The predicted molar refractivity (Wildman–Crippen MR) is 99.1 cm³/mol. The Bertz CT molecular complexity index is 997. The van der Waals surface area contributed by atoms with E-state index in [4.69, 9.17) is 14.7 Å². The van der Waals surface area contributed by atoms with Crippen LogP contribution in [-0.2, 0) is 10.0 Å². The van der Waals surface area contributed by atoms with Gasteiger partial charge in [0.05, 0.1) is 35.8 Å². The number of sulfonamides is 1. The Morgan fingerprint density at radius 2 is 1.85 bits per heavy atom. The first-order chi connectivity index (χ1) is 13.1. The summed E-state index contributed by atoms with van der Waals surface area (Å²) in [5.74, 6) is 1.37. The van der Waals surface area contributed by atoms with E-state index in [-0.39, 0.29) is 10.9 Å². The van der Waals surface area contributed by atoms with Crippen molar-refractivity contribution in [3.8, 4) is 17.6 Å². The Morgan fingerprint density at radius 3 is 2.67 bits per heavy atom. The summed E-state index contributed by atoms with van der Waals surface area (Å²) in [7, 11) is -3.69. The Labute approximate surface area is 159 Å². The van der Waals surface area contributed by atoms with Gasteiger partial charge in [0.25, 0.3) is 0 Å². The maximum atomic E-state index is 13.2. The van der Waals surface area contributed by atoms with Gasteiger partial charge in [-0.1, -0.05) is 12.1 Å². The lowest BCUT2D eigenvalue weighted by molar-refractivity contribution is 0.296. The second kappa shape index (κ2) is 7.22. The smallest absolute Gasteiger partial charge is 0.243 e. The highest BCUT2D eigenvalue weighted by molar-refractivity contribution is 7.89. The normalized spacial score (nSPS) is 20.0. The van der Waals surface area contributed by atoms with Gasteiger partial charge in [-0.2, -0.15) is 9.57 Å². The first kappa shape index (κ1) is 17.8. The standard InChI is InChI=1S/C20H20N2O4S/c21-14-15-4-1-5-17(12-15)27(23,24)22-9-2-6-18(22)16-7-8-19-20(13-16)26-11-3-10-25-19/h1,4-5,7-8,12-13,18H,2-3,6,9-11H2/t18-/m0/s1. The van der Waals surface area contributed by atoms with Crippen molar-refractivity contribution in [2.75, 3.05) is 19.8 Å². The fourth-order valence-electron chi connectivity index (χ4n) is 3.61. The van der Waals surface area contributed by atoms with Crippen molar-refractivity contribution in [1.29, 1.82) is 5.26 Å². The van der Waals surface area contributed by atoms with E-state index in [1.165, 1.54) is 10.4 Å². The minimum Gasteiger partial charge on any atom is -0.490 e. The summed E-state index contributed by atoms with van der Waals surface area (Å²) in [6.45, 7) is 1.66. The van der Waals surface area contributed by atoms with Crippen LogP contribution in [0.2, 0.25) is 0 Å². The molecule has 0 spiro atoms. The number of nitriles is 1. The molecule has 1 atom stereocenters. The van der Waals surface area contributed by atoms with E-state index in [1.807, 2.05) is 24.3 Å². The maximum Gasteiger partial charge on any atom is 0.243 e. The summed E-state index contributed by atoms with van der Waals surface area (Å²) in [6.07, 6.45) is 2.36. The first-order valence-electron chi connectivity index (χ1n) is 9.01. The summed E-state index contributed by atoms with van der Waals surface area (Å²) in [4.78, 5) is 0.155. The van der Waals surface area contributed by atoms with Crippen LogP contribution in [0.25, 0.3) is 0 Å². The number of ether oxygens (including phenoxy) is 2. The molecule has 0 saturated carbocycles. The Morgan fingerprint density at radius 1 is 1.04 bits per heavy atom. The van der Waals surface area contributed by atoms with Crippen LogP contribution in [0.15, 0.2) is 47.4 Å². The number of hydrogen-bond donors (Lipinski definition) is 0. The minimum absolute atomic E-state index is 0.155. The van der Waals surface area contributed by atoms with Crippen molar-refractivity contribution >= 4 is 10.0 Å². The SMILES string of the molecule is N#Cc1cccc(S(=O)(=O)N2CCC[C@H]2c2ccc3c(c2)OCCCO3)c1. The average Bonchev–Trinajstić information content (AvgIpc) is 3.08. The zero-order chi connectivity index (χ0) is 18.9. The molecule has 2 aromatic carbocycles. The number of benzene rings is 2. The van der Waals surface area contributed by atoms with Gasteiger partial charge in [0.1, 0.15) is 0 Å². The molecule has 0 unspecified atom stereocenters. The number of rotatable bonds is 3. The van der Waals surface area contributed by atoms with Gasteiger partial charge in [0, 0.05) is 13.0 Å². The average molecular weight is 384 g/mol. The van der Waals surface area contributed by atoms with E-state index in [1.54, 1.807) is 18.2 Å². The molecule has 140 valence electrons. The van der Waals surface area contributed by atoms with E-state index in [2.05, 4.69) is 0 Å². The van der Waals surface area contributed by atoms with Crippen molar-refractivity contribution < 1.29 is 17.9 Å². The van der Waals surface area contributed by atoms with E-state index in [0.717, 1.165) is 24.8 Å². The number of hydrogen-bond acceptors (Lipinski definition) is 5. The van der Waals surface area contributed by atoms with Crippen LogP contribution >= 0.6 is 0 Å². The molecular formula is C20H20N2O4S. The Balaban J connectivity index is 1.68. The van der Waals surface area contributed by atoms with Crippen LogP contribution in [0.5, 0.6) is 11.5 Å². The molecule has 0 N–H and O–H groups in total. The molecule has 27 heavy (non-hydrogen) atoms. The molecule has 2 aliphatic rings. The first-order valence-corrected chi connectivity index (χ1v) is 10.5. The lowest BCUT2D eigenvalue weighted by Crippen LogP contribution is -2.30. The minimum atomic E-state index is -3.69. The number of fused-ring (bicyclic) bond motifs is 1. The highest BCUT2D eigenvalue weighted by atomic mass is 32.2. The zero-order valence-electron chi connectivity index (χ0n) is 14.8. The molecule has 7 heteroatoms. The Hall–Kier alpha value is -2.56. The molecular weight excluding hydrogens is 364 g/mol. The summed E-state index contributed by atoms with van der Waals surface area (Å²) in [5.41, 5.74) is 1.24. The highest BCUT2D eigenvalue weighted by Gasteiger charge is 2.36. The molecule has 2 aliphatic heterocycles. The third-order valence-electron chi connectivity index (χ3n) is 4.93. The predicted octanol–water partition coefficient (Wildman–Crippen LogP) is 3.25. The van der Waals surface area contributed by atoms with Crippen LogP contribution in [0.4, 0.5) is 0 Å². The highest BCUT2D eigenvalue weighted by Crippen LogP contribution is 2.40. The molecule has 4 rings (SSSR count). The molecule has 0 aliphatic carbocycles. The topological polar surface area (TPSA) is 79.6 Å².